The molecule has 1 aromatic rings. The first-order chi connectivity index (χ1) is 8.15. The molecule has 0 aliphatic carbocycles. The summed E-state index contributed by atoms with van der Waals surface area (Å²) in [5.41, 5.74) is 0. The van der Waals surface area contributed by atoms with Gasteiger partial charge in [-0.25, -0.2) is 0 Å². The van der Waals surface area contributed by atoms with Crippen molar-refractivity contribution in [1.82, 2.24) is 10.2 Å². The maximum atomic E-state index is 3.59. The van der Waals surface area contributed by atoms with Gasteiger partial charge < -0.3 is 5.32 Å². The summed E-state index contributed by atoms with van der Waals surface area (Å²) in [6, 6.07) is 5.84. The first-order valence-corrected chi connectivity index (χ1v) is 7.49. The normalized spacial score (nSPS) is 20.6. The number of hydrogen-bond donors (Lipinski definition) is 1. The van der Waals surface area contributed by atoms with Gasteiger partial charge in [0, 0.05) is 34.9 Å². The average Bonchev–Trinajstić information content (AvgIpc) is 2.89. The van der Waals surface area contributed by atoms with Crippen LogP contribution in [0.5, 0.6) is 0 Å². The second-order valence-electron chi connectivity index (χ2n) is 5.33. The first-order valence-electron chi connectivity index (χ1n) is 6.68. The van der Waals surface area contributed by atoms with Crippen molar-refractivity contribution in [3.63, 3.8) is 0 Å². The van der Waals surface area contributed by atoms with Gasteiger partial charge in [0.1, 0.15) is 0 Å². The largest absolute Gasteiger partial charge is 0.313 e. The van der Waals surface area contributed by atoms with Crippen LogP contribution in [0.1, 0.15) is 36.4 Å². The van der Waals surface area contributed by atoms with Crippen LogP contribution in [0.2, 0.25) is 0 Å². The molecule has 0 radical (unpaired) electrons. The van der Waals surface area contributed by atoms with E-state index in [1.54, 1.807) is 0 Å². The Hall–Kier alpha value is -0.380. The predicted octanol–water partition coefficient (Wildman–Crippen LogP) is 3.02. The molecule has 17 heavy (non-hydrogen) atoms. The highest BCUT2D eigenvalue weighted by molar-refractivity contribution is 7.11. The van der Waals surface area contributed by atoms with Gasteiger partial charge in [-0.15, -0.1) is 11.3 Å². The van der Waals surface area contributed by atoms with E-state index in [9.17, 15) is 0 Å². The van der Waals surface area contributed by atoms with Gasteiger partial charge in [0.15, 0.2) is 0 Å². The molecule has 1 saturated heterocycles. The molecule has 1 aliphatic rings. The van der Waals surface area contributed by atoms with E-state index in [2.05, 4.69) is 43.1 Å². The molecule has 0 amide bonds. The molecule has 1 N–H and O–H groups in total. The Bertz CT molecular complexity index is 340. The van der Waals surface area contributed by atoms with Crippen LogP contribution in [-0.2, 0) is 6.54 Å². The van der Waals surface area contributed by atoms with Gasteiger partial charge in [-0.05, 0) is 52.3 Å². The lowest BCUT2D eigenvalue weighted by Gasteiger charge is -2.28. The third kappa shape index (κ3) is 3.80. The smallest absolute Gasteiger partial charge is 0.0331 e. The zero-order chi connectivity index (χ0) is 12.3. The number of thiophene rings is 1. The van der Waals surface area contributed by atoms with Crippen molar-refractivity contribution in [3.05, 3.63) is 21.9 Å². The van der Waals surface area contributed by atoms with E-state index in [1.807, 2.05) is 11.3 Å². The Morgan fingerprint density at radius 2 is 2.29 bits per heavy atom. The molecular formula is C14H24N2S. The lowest BCUT2D eigenvalue weighted by atomic mass is 10.2. The zero-order valence-electron chi connectivity index (χ0n) is 11.2. The summed E-state index contributed by atoms with van der Waals surface area (Å²) in [7, 11) is 0. The van der Waals surface area contributed by atoms with E-state index >= 15 is 0 Å². The molecule has 0 bridgehead atoms. The van der Waals surface area contributed by atoms with Crippen LogP contribution >= 0.6 is 11.3 Å². The van der Waals surface area contributed by atoms with Gasteiger partial charge in [-0.2, -0.15) is 0 Å². The van der Waals surface area contributed by atoms with Gasteiger partial charge >= 0.3 is 0 Å². The number of nitrogens with one attached hydrogen (secondary N) is 1. The molecule has 0 saturated carbocycles. The Kier molecular flexibility index (Phi) is 4.60. The summed E-state index contributed by atoms with van der Waals surface area (Å²) >= 11 is 1.93. The Morgan fingerprint density at radius 3 is 2.82 bits per heavy atom. The molecule has 1 fully saturated rings. The van der Waals surface area contributed by atoms with E-state index in [4.69, 9.17) is 0 Å². The minimum atomic E-state index is 0.625. The average molecular weight is 252 g/mol. The van der Waals surface area contributed by atoms with Crippen molar-refractivity contribution in [3.8, 4) is 0 Å². The first kappa shape index (κ1) is 13.1. The van der Waals surface area contributed by atoms with Crippen LogP contribution in [0.4, 0.5) is 0 Å². The lowest BCUT2D eigenvalue weighted by Crippen LogP contribution is -2.40. The molecule has 1 atom stereocenters. The van der Waals surface area contributed by atoms with Crippen LogP contribution in [-0.4, -0.2) is 30.1 Å². The fourth-order valence-corrected chi connectivity index (χ4v) is 3.34. The molecule has 0 aromatic carbocycles. The molecule has 2 nitrogen and oxygen atoms in total. The molecule has 1 aliphatic heterocycles. The third-order valence-electron chi connectivity index (χ3n) is 3.50. The van der Waals surface area contributed by atoms with Crippen molar-refractivity contribution in [2.45, 2.75) is 52.2 Å². The summed E-state index contributed by atoms with van der Waals surface area (Å²) in [5, 5.41) is 3.59. The zero-order valence-corrected chi connectivity index (χ0v) is 12.0. The second-order valence-corrected chi connectivity index (χ2v) is 6.70. The van der Waals surface area contributed by atoms with Crippen molar-refractivity contribution < 1.29 is 0 Å². The third-order valence-corrected chi connectivity index (χ3v) is 4.49. The number of aryl methyl sites for hydroxylation is 1. The highest BCUT2D eigenvalue weighted by Crippen LogP contribution is 2.19. The highest BCUT2D eigenvalue weighted by atomic mass is 32.1. The summed E-state index contributed by atoms with van der Waals surface area (Å²) in [4.78, 5) is 5.51. The van der Waals surface area contributed by atoms with Gasteiger partial charge in [0.2, 0.25) is 0 Å². The quantitative estimate of drug-likeness (QED) is 0.866. The topological polar surface area (TPSA) is 15.3 Å². The monoisotopic (exact) mass is 252 g/mol. The van der Waals surface area contributed by atoms with Crippen molar-refractivity contribution >= 4 is 11.3 Å². The highest BCUT2D eigenvalue weighted by Gasteiger charge is 2.20. The van der Waals surface area contributed by atoms with E-state index < -0.39 is 0 Å². The summed E-state index contributed by atoms with van der Waals surface area (Å²) < 4.78 is 0. The van der Waals surface area contributed by atoms with E-state index in [0.29, 0.717) is 12.1 Å². The fourth-order valence-electron chi connectivity index (χ4n) is 2.42. The van der Waals surface area contributed by atoms with Crippen molar-refractivity contribution in [2.24, 2.45) is 0 Å². The van der Waals surface area contributed by atoms with E-state index in [1.165, 1.54) is 35.7 Å². The van der Waals surface area contributed by atoms with Gasteiger partial charge in [0.05, 0.1) is 0 Å². The molecule has 1 unspecified atom stereocenters. The number of rotatable bonds is 5. The molecule has 1 aromatic heterocycles. The van der Waals surface area contributed by atoms with E-state index in [0.717, 1.165) is 6.54 Å². The minimum absolute atomic E-state index is 0.625. The lowest BCUT2D eigenvalue weighted by molar-refractivity contribution is 0.196. The van der Waals surface area contributed by atoms with Gasteiger partial charge in [-0.1, -0.05) is 0 Å². The summed E-state index contributed by atoms with van der Waals surface area (Å²) in [6.45, 7) is 10.3. The van der Waals surface area contributed by atoms with Gasteiger partial charge in [-0.3, -0.25) is 4.90 Å². The van der Waals surface area contributed by atoms with Crippen LogP contribution in [0, 0.1) is 6.92 Å². The molecule has 0 spiro atoms. The molecule has 3 heteroatoms. The maximum absolute atomic E-state index is 3.59. The standard InChI is InChI=1S/C14H24N2S/c1-11(2)16(9-13-5-4-8-15-13)10-14-7-6-12(3)17-14/h6-7,11,13,15H,4-5,8-10H2,1-3H3. The molecule has 96 valence electrons. The molecule has 2 rings (SSSR count). The van der Waals surface area contributed by atoms with E-state index in [-0.39, 0.29) is 0 Å². The van der Waals surface area contributed by atoms with Crippen molar-refractivity contribution in [1.29, 1.82) is 0 Å². The number of hydrogen-bond acceptors (Lipinski definition) is 3. The Labute approximate surface area is 109 Å². The predicted molar refractivity (Wildman–Crippen MR) is 75.6 cm³/mol. The summed E-state index contributed by atoms with van der Waals surface area (Å²) in [5.74, 6) is 0. The minimum Gasteiger partial charge on any atom is -0.313 e. The van der Waals surface area contributed by atoms with Crippen molar-refractivity contribution in [2.75, 3.05) is 13.1 Å². The van der Waals surface area contributed by atoms with Crippen LogP contribution in [0.25, 0.3) is 0 Å². The molecule has 2 heterocycles. The Balaban J connectivity index is 1.92. The number of nitrogens with zero attached hydrogens (tertiary/aromatic N) is 1. The maximum Gasteiger partial charge on any atom is 0.0331 e. The Morgan fingerprint density at radius 1 is 1.47 bits per heavy atom. The summed E-state index contributed by atoms with van der Waals surface area (Å²) in [6.07, 6.45) is 2.68. The SMILES string of the molecule is Cc1ccc(CN(CC2CCCN2)C(C)C)s1. The second kappa shape index (κ2) is 5.98. The molecular weight excluding hydrogens is 228 g/mol. The van der Waals surface area contributed by atoms with Crippen LogP contribution < -0.4 is 5.32 Å². The fraction of sp³-hybridized carbons (Fsp3) is 0.714. The van der Waals surface area contributed by atoms with Crippen LogP contribution in [0.15, 0.2) is 12.1 Å². The van der Waals surface area contributed by atoms with Gasteiger partial charge in [0.25, 0.3) is 0 Å². The van der Waals surface area contributed by atoms with Crippen LogP contribution in [0.3, 0.4) is 0 Å².